The molecule has 0 aliphatic rings. The molecule has 1 amide bonds. The standard InChI is InChI=1S/C19H16N4O4S/c1-23-18(19(25)27-22-23)28-11-10-16(24)20-13-8-6-12(7-9-13)17-21-14-4-2-3-5-15(14)26-17/h2-9H,10-11H2,1H3,(H-,20,21,22,24,25)/p+1. The third-order valence-electron chi connectivity index (χ3n) is 4.03. The first-order valence-electron chi connectivity index (χ1n) is 8.56. The summed E-state index contributed by atoms with van der Waals surface area (Å²) in [4.78, 5) is 28.0. The molecule has 0 fully saturated rings. The molecule has 0 unspecified atom stereocenters. The minimum Gasteiger partial charge on any atom is -0.436 e. The van der Waals surface area contributed by atoms with Gasteiger partial charge in [-0.25, -0.2) is 9.78 Å². The number of aryl methyl sites for hydroxylation is 1. The molecule has 0 bridgehead atoms. The predicted molar refractivity (Wildman–Crippen MR) is 104 cm³/mol. The topological polar surface area (TPSA) is 105 Å². The number of thioether (sulfide) groups is 1. The monoisotopic (exact) mass is 397 g/mol. The summed E-state index contributed by atoms with van der Waals surface area (Å²) in [6.45, 7) is 0. The van der Waals surface area contributed by atoms with Crippen molar-refractivity contribution in [3.05, 3.63) is 59.0 Å². The summed E-state index contributed by atoms with van der Waals surface area (Å²) >= 11 is 1.26. The number of rotatable bonds is 6. The van der Waals surface area contributed by atoms with Gasteiger partial charge in [0.05, 0.1) is 0 Å². The fraction of sp³-hybridized carbons (Fsp3) is 0.158. The fourth-order valence-electron chi connectivity index (χ4n) is 2.64. The van der Waals surface area contributed by atoms with Gasteiger partial charge in [-0.2, -0.15) is 0 Å². The van der Waals surface area contributed by atoms with Crippen LogP contribution >= 0.6 is 11.8 Å². The van der Waals surface area contributed by atoms with Crippen molar-refractivity contribution in [2.75, 3.05) is 11.1 Å². The number of hydrogen-bond donors (Lipinski definition) is 2. The van der Waals surface area contributed by atoms with E-state index in [-0.39, 0.29) is 12.3 Å². The number of benzene rings is 2. The van der Waals surface area contributed by atoms with Crippen molar-refractivity contribution in [3.8, 4) is 11.5 Å². The van der Waals surface area contributed by atoms with Gasteiger partial charge in [-0.05, 0) is 53.4 Å². The van der Waals surface area contributed by atoms with Gasteiger partial charge in [0.1, 0.15) is 5.52 Å². The quantitative estimate of drug-likeness (QED) is 0.383. The number of nitrogens with zero attached hydrogens (tertiary/aromatic N) is 2. The highest BCUT2D eigenvalue weighted by Crippen LogP contribution is 2.25. The van der Waals surface area contributed by atoms with Crippen LogP contribution in [0.5, 0.6) is 0 Å². The Morgan fingerprint density at radius 1 is 1.21 bits per heavy atom. The van der Waals surface area contributed by atoms with Gasteiger partial charge >= 0.3 is 10.7 Å². The lowest BCUT2D eigenvalue weighted by Gasteiger charge is -2.05. The molecule has 4 aromatic rings. The zero-order valence-corrected chi connectivity index (χ0v) is 15.8. The molecule has 0 saturated heterocycles. The number of amides is 1. The highest BCUT2D eigenvalue weighted by atomic mass is 32.2. The molecule has 2 aromatic carbocycles. The van der Waals surface area contributed by atoms with Gasteiger partial charge in [-0.3, -0.25) is 9.32 Å². The molecule has 0 spiro atoms. The number of para-hydroxylation sites is 2. The average Bonchev–Trinajstić information content (AvgIpc) is 3.27. The third-order valence-corrected chi connectivity index (χ3v) is 5.15. The predicted octanol–water partition coefficient (Wildman–Crippen LogP) is 2.72. The minimum absolute atomic E-state index is 0.135. The SMILES string of the molecule is C[n+]1[nH]oc(=O)c1SCCC(=O)Nc1ccc(-c2nc3ccccc3o2)cc1. The van der Waals surface area contributed by atoms with E-state index in [4.69, 9.17) is 4.42 Å². The van der Waals surface area contributed by atoms with E-state index in [1.807, 2.05) is 36.4 Å². The van der Waals surface area contributed by atoms with Gasteiger partial charge in [-0.1, -0.05) is 16.8 Å². The lowest BCUT2D eigenvalue weighted by atomic mass is 10.2. The maximum atomic E-state index is 12.1. The van der Waals surface area contributed by atoms with Gasteiger partial charge < -0.3 is 9.73 Å². The van der Waals surface area contributed by atoms with Gasteiger partial charge in [0.25, 0.3) is 0 Å². The highest BCUT2D eigenvalue weighted by molar-refractivity contribution is 7.99. The minimum atomic E-state index is -0.442. The van der Waals surface area contributed by atoms with Crippen molar-refractivity contribution in [2.45, 2.75) is 11.4 Å². The summed E-state index contributed by atoms with van der Waals surface area (Å²) in [5, 5.41) is 5.70. The van der Waals surface area contributed by atoms with Crippen LogP contribution in [0.4, 0.5) is 5.69 Å². The van der Waals surface area contributed by atoms with Crippen molar-refractivity contribution < 1.29 is 18.4 Å². The fourth-order valence-corrected chi connectivity index (χ4v) is 3.51. The molecule has 2 heterocycles. The summed E-state index contributed by atoms with van der Waals surface area (Å²) in [5.74, 6) is 0.863. The molecule has 142 valence electrons. The third kappa shape index (κ3) is 3.84. The lowest BCUT2D eigenvalue weighted by Crippen LogP contribution is -2.33. The Bertz CT molecular complexity index is 1140. The first-order chi connectivity index (χ1) is 13.6. The van der Waals surface area contributed by atoms with E-state index in [0.717, 1.165) is 16.7 Å². The molecule has 0 aliphatic heterocycles. The average molecular weight is 397 g/mol. The van der Waals surface area contributed by atoms with Gasteiger partial charge in [0.2, 0.25) is 11.8 Å². The first-order valence-corrected chi connectivity index (χ1v) is 9.55. The molecule has 2 N–H and O–H groups in total. The van der Waals surface area contributed by atoms with Crippen LogP contribution in [0.3, 0.4) is 0 Å². The van der Waals surface area contributed by atoms with E-state index in [0.29, 0.717) is 22.4 Å². The molecule has 0 aliphatic carbocycles. The Hall–Kier alpha value is -3.33. The number of carbonyl (C=O) groups excluding carboxylic acids is 1. The van der Waals surface area contributed by atoms with Crippen LogP contribution in [0.2, 0.25) is 0 Å². The maximum absolute atomic E-state index is 12.1. The van der Waals surface area contributed by atoms with Crippen molar-refractivity contribution in [1.29, 1.82) is 0 Å². The zero-order valence-electron chi connectivity index (χ0n) is 15.0. The number of oxazole rings is 1. The summed E-state index contributed by atoms with van der Waals surface area (Å²) in [6.07, 6.45) is 0.266. The number of H-pyrrole nitrogens is 1. The van der Waals surface area contributed by atoms with E-state index < -0.39 is 5.63 Å². The Morgan fingerprint density at radius 3 is 2.71 bits per heavy atom. The second kappa shape index (κ2) is 7.73. The number of nitrogens with one attached hydrogen (secondary N) is 2. The number of hydrogen-bond acceptors (Lipinski definition) is 6. The second-order valence-corrected chi connectivity index (χ2v) is 7.14. The molecule has 0 radical (unpaired) electrons. The number of fused-ring (bicyclic) bond motifs is 1. The van der Waals surface area contributed by atoms with Crippen molar-refractivity contribution in [2.24, 2.45) is 7.05 Å². The maximum Gasteiger partial charge on any atom is 0.441 e. The molecular formula is C19H17N4O4S+. The molecule has 2 aromatic heterocycles. The van der Waals surface area contributed by atoms with Crippen LogP contribution in [0.1, 0.15) is 6.42 Å². The first kappa shape index (κ1) is 18.1. The van der Waals surface area contributed by atoms with Gasteiger partial charge in [0, 0.05) is 23.4 Å². The Morgan fingerprint density at radius 2 is 2.00 bits per heavy atom. The van der Waals surface area contributed by atoms with E-state index in [2.05, 4.69) is 20.1 Å². The van der Waals surface area contributed by atoms with Crippen LogP contribution < -0.4 is 15.6 Å². The Kier molecular flexibility index (Phi) is 4.98. The number of carbonyl (C=O) groups is 1. The molecule has 0 atom stereocenters. The molecule has 8 nitrogen and oxygen atoms in total. The molecule has 28 heavy (non-hydrogen) atoms. The normalized spacial score (nSPS) is 11.0. The number of aromatic nitrogens is 3. The van der Waals surface area contributed by atoms with Crippen LogP contribution in [-0.4, -0.2) is 21.9 Å². The number of aromatic amines is 1. The lowest BCUT2D eigenvalue weighted by molar-refractivity contribution is -0.772. The van der Waals surface area contributed by atoms with E-state index >= 15 is 0 Å². The van der Waals surface area contributed by atoms with Crippen molar-refractivity contribution in [1.82, 2.24) is 10.3 Å². The molecular weight excluding hydrogens is 380 g/mol. The molecule has 9 heteroatoms. The van der Waals surface area contributed by atoms with Crippen LogP contribution in [0, 0.1) is 0 Å². The largest absolute Gasteiger partial charge is 0.441 e. The Balaban J connectivity index is 1.35. The van der Waals surface area contributed by atoms with Gasteiger partial charge in [-0.15, -0.1) is 0 Å². The number of anilines is 1. The van der Waals surface area contributed by atoms with E-state index in [9.17, 15) is 9.59 Å². The highest BCUT2D eigenvalue weighted by Gasteiger charge is 2.18. The van der Waals surface area contributed by atoms with Crippen LogP contribution in [0.15, 0.2) is 67.3 Å². The Labute approximate surface area is 163 Å². The summed E-state index contributed by atoms with van der Waals surface area (Å²) in [7, 11) is 1.67. The summed E-state index contributed by atoms with van der Waals surface area (Å²) in [6, 6.07) is 14.9. The van der Waals surface area contributed by atoms with Crippen molar-refractivity contribution in [3.63, 3.8) is 0 Å². The summed E-state index contributed by atoms with van der Waals surface area (Å²) in [5.41, 5.74) is 2.61. The molecule has 4 rings (SSSR count). The zero-order chi connectivity index (χ0) is 19.5. The summed E-state index contributed by atoms with van der Waals surface area (Å²) < 4.78 is 11.9. The van der Waals surface area contributed by atoms with Crippen molar-refractivity contribution >= 4 is 34.5 Å². The second-order valence-electron chi connectivity index (χ2n) is 6.06. The molecule has 0 saturated carbocycles. The van der Waals surface area contributed by atoms with E-state index in [1.54, 1.807) is 19.2 Å². The van der Waals surface area contributed by atoms with E-state index in [1.165, 1.54) is 16.4 Å². The van der Waals surface area contributed by atoms with Crippen LogP contribution in [0.25, 0.3) is 22.6 Å². The van der Waals surface area contributed by atoms with Gasteiger partial charge in [0.15, 0.2) is 12.6 Å². The van der Waals surface area contributed by atoms with Crippen LogP contribution in [-0.2, 0) is 11.8 Å². The smallest absolute Gasteiger partial charge is 0.436 e.